The summed E-state index contributed by atoms with van der Waals surface area (Å²) in [6, 6.07) is -0.156. The largest absolute Gasteiger partial charge is 0.481 e. The Bertz CT molecular complexity index is 359. The van der Waals surface area contributed by atoms with Crippen molar-refractivity contribution in [3.63, 3.8) is 0 Å². The summed E-state index contributed by atoms with van der Waals surface area (Å²) < 4.78 is 0. The Balaban J connectivity index is 1.98. The fraction of sp³-hybridized carbons (Fsp3) is 0.857. The molecule has 2 saturated heterocycles. The standard InChI is InChI=1S/C14H24N2O3/c1-10-4-3-7-15(8-5-10)14(19)16-9-6-12(11(16)2)13(17)18/h10-12H,3-9H2,1-2H3,(H,17,18). The first-order valence-corrected chi connectivity index (χ1v) is 7.29. The van der Waals surface area contributed by atoms with E-state index in [1.54, 1.807) is 4.90 Å². The molecule has 2 aliphatic heterocycles. The lowest BCUT2D eigenvalue weighted by atomic mass is 10.0. The van der Waals surface area contributed by atoms with E-state index in [9.17, 15) is 9.59 Å². The third-order valence-corrected chi connectivity index (χ3v) is 4.61. The molecule has 2 rings (SSSR count). The zero-order valence-corrected chi connectivity index (χ0v) is 11.8. The Hall–Kier alpha value is -1.26. The van der Waals surface area contributed by atoms with E-state index < -0.39 is 11.9 Å². The van der Waals surface area contributed by atoms with Crippen LogP contribution in [-0.4, -0.2) is 52.6 Å². The summed E-state index contributed by atoms with van der Waals surface area (Å²) in [7, 11) is 0. The fourth-order valence-electron chi connectivity index (χ4n) is 3.18. The van der Waals surface area contributed by atoms with E-state index in [1.165, 1.54) is 6.42 Å². The molecule has 2 aliphatic rings. The van der Waals surface area contributed by atoms with Gasteiger partial charge in [-0.1, -0.05) is 6.92 Å². The number of carboxylic acid groups (broad SMARTS) is 1. The number of nitrogens with zero attached hydrogens (tertiary/aromatic N) is 2. The van der Waals surface area contributed by atoms with E-state index in [-0.39, 0.29) is 12.1 Å². The zero-order valence-electron chi connectivity index (χ0n) is 11.8. The van der Waals surface area contributed by atoms with Crippen molar-refractivity contribution in [1.82, 2.24) is 9.80 Å². The molecule has 2 heterocycles. The molecule has 2 amide bonds. The molecular formula is C14H24N2O3. The van der Waals surface area contributed by atoms with E-state index in [2.05, 4.69) is 6.92 Å². The number of urea groups is 1. The van der Waals surface area contributed by atoms with Crippen molar-refractivity contribution < 1.29 is 14.7 Å². The lowest BCUT2D eigenvalue weighted by Crippen LogP contribution is -2.46. The highest BCUT2D eigenvalue weighted by atomic mass is 16.4. The van der Waals surface area contributed by atoms with Crippen molar-refractivity contribution in [2.45, 2.75) is 45.6 Å². The molecule has 0 aliphatic carbocycles. The first-order valence-electron chi connectivity index (χ1n) is 7.29. The number of likely N-dealkylation sites (tertiary alicyclic amines) is 2. The molecule has 2 fully saturated rings. The van der Waals surface area contributed by atoms with Crippen molar-refractivity contribution in [2.24, 2.45) is 11.8 Å². The summed E-state index contributed by atoms with van der Waals surface area (Å²) in [5.74, 6) is -0.511. The van der Waals surface area contributed by atoms with Gasteiger partial charge in [-0.25, -0.2) is 4.79 Å². The van der Waals surface area contributed by atoms with Gasteiger partial charge in [0.05, 0.1) is 5.92 Å². The summed E-state index contributed by atoms with van der Waals surface area (Å²) in [6.45, 7) is 6.27. The molecule has 0 aromatic heterocycles. The molecule has 0 aromatic carbocycles. The van der Waals surface area contributed by atoms with Crippen LogP contribution in [0.5, 0.6) is 0 Å². The average Bonchev–Trinajstić information content (AvgIpc) is 2.60. The molecule has 1 N–H and O–H groups in total. The van der Waals surface area contributed by atoms with E-state index in [0.717, 1.165) is 25.9 Å². The van der Waals surface area contributed by atoms with Gasteiger partial charge in [-0.15, -0.1) is 0 Å². The zero-order chi connectivity index (χ0) is 14.0. The molecule has 0 saturated carbocycles. The molecule has 0 aromatic rings. The van der Waals surface area contributed by atoms with Crippen molar-refractivity contribution in [3.8, 4) is 0 Å². The minimum atomic E-state index is -0.785. The molecule has 3 unspecified atom stereocenters. The molecule has 0 radical (unpaired) electrons. The third-order valence-electron chi connectivity index (χ3n) is 4.61. The normalized spacial score (nSPS) is 32.2. The topological polar surface area (TPSA) is 60.9 Å². The maximum atomic E-state index is 12.5. The second kappa shape index (κ2) is 5.80. The Kier molecular flexibility index (Phi) is 4.32. The van der Waals surface area contributed by atoms with Gasteiger partial charge in [0.25, 0.3) is 0 Å². The van der Waals surface area contributed by atoms with Crippen LogP contribution in [0.15, 0.2) is 0 Å². The first-order chi connectivity index (χ1) is 9.00. The van der Waals surface area contributed by atoms with Crippen LogP contribution in [-0.2, 0) is 4.79 Å². The summed E-state index contributed by atoms with van der Waals surface area (Å²) in [5, 5.41) is 9.12. The predicted molar refractivity (Wildman–Crippen MR) is 71.9 cm³/mol. The molecule has 19 heavy (non-hydrogen) atoms. The van der Waals surface area contributed by atoms with E-state index >= 15 is 0 Å². The molecule has 5 nitrogen and oxygen atoms in total. The number of hydrogen-bond donors (Lipinski definition) is 1. The van der Waals surface area contributed by atoms with Gasteiger partial charge in [0.2, 0.25) is 0 Å². The number of aliphatic carboxylic acids is 1. The van der Waals surface area contributed by atoms with Crippen molar-refractivity contribution in [2.75, 3.05) is 19.6 Å². The van der Waals surface area contributed by atoms with Crippen molar-refractivity contribution >= 4 is 12.0 Å². The van der Waals surface area contributed by atoms with Crippen LogP contribution in [0.3, 0.4) is 0 Å². The van der Waals surface area contributed by atoms with Gasteiger partial charge in [0.15, 0.2) is 0 Å². The van der Waals surface area contributed by atoms with Crippen molar-refractivity contribution in [1.29, 1.82) is 0 Å². The maximum Gasteiger partial charge on any atom is 0.320 e. The van der Waals surface area contributed by atoms with Crippen LogP contribution in [0.4, 0.5) is 4.79 Å². The smallest absolute Gasteiger partial charge is 0.320 e. The Morgan fingerprint density at radius 2 is 1.79 bits per heavy atom. The van der Waals surface area contributed by atoms with E-state index in [4.69, 9.17) is 5.11 Å². The predicted octanol–water partition coefficient (Wildman–Crippen LogP) is 2.02. The van der Waals surface area contributed by atoms with Crippen LogP contribution >= 0.6 is 0 Å². The minimum absolute atomic E-state index is 0.0327. The van der Waals surface area contributed by atoms with Crippen LogP contribution in [0, 0.1) is 11.8 Å². The minimum Gasteiger partial charge on any atom is -0.481 e. The lowest BCUT2D eigenvalue weighted by molar-refractivity contribution is -0.142. The van der Waals surface area contributed by atoms with Gasteiger partial charge >= 0.3 is 12.0 Å². The summed E-state index contributed by atoms with van der Waals surface area (Å²) in [4.78, 5) is 27.3. The van der Waals surface area contributed by atoms with Gasteiger partial charge in [0.1, 0.15) is 0 Å². The number of hydrogen-bond acceptors (Lipinski definition) is 2. The quantitative estimate of drug-likeness (QED) is 0.791. The van der Waals surface area contributed by atoms with Crippen molar-refractivity contribution in [3.05, 3.63) is 0 Å². The summed E-state index contributed by atoms with van der Waals surface area (Å²) >= 11 is 0. The van der Waals surface area contributed by atoms with Gasteiger partial charge in [-0.3, -0.25) is 4.79 Å². The fourth-order valence-corrected chi connectivity index (χ4v) is 3.18. The van der Waals surface area contributed by atoms with Gasteiger partial charge in [-0.05, 0) is 38.5 Å². The van der Waals surface area contributed by atoms with E-state index in [1.807, 2.05) is 11.8 Å². The average molecular weight is 268 g/mol. The Labute approximate surface area is 114 Å². The van der Waals surface area contributed by atoms with Crippen LogP contribution < -0.4 is 0 Å². The van der Waals surface area contributed by atoms with Gasteiger partial charge in [0, 0.05) is 25.7 Å². The molecule has 3 atom stereocenters. The number of carbonyl (C=O) groups excluding carboxylic acids is 1. The summed E-state index contributed by atoms with van der Waals surface area (Å²) in [5.41, 5.74) is 0. The SMILES string of the molecule is CC1CCCN(C(=O)N2CCC(C(=O)O)C2C)CC1. The lowest BCUT2D eigenvalue weighted by Gasteiger charge is -2.30. The second-order valence-electron chi connectivity index (χ2n) is 5.97. The second-order valence-corrected chi connectivity index (χ2v) is 5.97. The highest BCUT2D eigenvalue weighted by molar-refractivity contribution is 5.78. The Morgan fingerprint density at radius 3 is 2.42 bits per heavy atom. The molecule has 108 valence electrons. The first kappa shape index (κ1) is 14.2. The molecule has 0 bridgehead atoms. The third kappa shape index (κ3) is 3.01. The maximum absolute atomic E-state index is 12.5. The highest BCUT2D eigenvalue weighted by Crippen LogP contribution is 2.26. The van der Waals surface area contributed by atoms with Crippen LogP contribution in [0.2, 0.25) is 0 Å². The van der Waals surface area contributed by atoms with Crippen LogP contribution in [0.1, 0.15) is 39.5 Å². The van der Waals surface area contributed by atoms with E-state index in [0.29, 0.717) is 18.9 Å². The van der Waals surface area contributed by atoms with Gasteiger partial charge < -0.3 is 14.9 Å². The number of rotatable bonds is 1. The number of amides is 2. The summed E-state index contributed by atoms with van der Waals surface area (Å²) in [6.07, 6.45) is 3.86. The number of carboxylic acids is 1. The Morgan fingerprint density at radius 1 is 1.05 bits per heavy atom. The van der Waals surface area contributed by atoms with Gasteiger partial charge in [-0.2, -0.15) is 0 Å². The van der Waals surface area contributed by atoms with Crippen LogP contribution in [0.25, 0.3) is 0 Å². The molecule has 5 heteroatoms. The monoisotopic (exact) mass is 268 g/mol. The molecule has 0 spiro atoms. The highest BCUT2D eigenvalue weighted by Gasteiger charge is 2.39. The number of carbonyl (C=O) groups is 2. The molecular weight excluding hydrogens is 244 g/mol.